The number of benzene rings is 11. The first-order valence-corrected chi connectivity index (χ1v) is 21.1. The van der Waals surface area contributed by atoms with Crippen molar-refractivity contribution in [3.8, 4) is 44.8 Å². The third-order valence-electron chi connectivity index (χ3n) is 12.2. The molecular weight excluding hydrogens is 753 g/mol. The fraction of sp³-hybridized carbons (Fsp3) is 0. The summed E-state index contributed by atoms with van der Waals surface area (Å²) in [7, 11) is 0. The van der Waals surface area contributed by atoms with Crippen LogP contribution in [0.3, 0.4) is 0 Å². The van der Waals surface area contributed by atoms with Crippen LogP contribution in [0, 0.1) is 0 Å². The lowest BCUT2D eigenvalue weighted by Gasteiger charge is -2.28. The maximum Gasteiger partial charge on any atom is 0.227 e. The molecule has 0 amide bonds. The first-order valence-electron chi connectivity index (χ1n) is 21.1. The van der Waals surface area contributed by atoms with Gasteiger partial charge in [0.1, 0.15) is 5.52 Å². The lowest BCUT2D eigenvalue weighted by molar-refractivity contribution is 0.620. The molecule has 0 aliphatic carbocycles. The zero-order valence-corrected chi connectivity index (χ0v) is 33.7. The van der Waals surface area contributed by atoms with Gasteiger partial charge in [-0.25, -0.2) is 4.98 Å². The van der Waals surface area contributed by atoms with Crippen molar-refractivity contribution in [2.45, 2.75) is 0 Å². The van der Waals surface area contributed by atoms with Crippen LogP contribution in [0.25, 0.3) is 99.0 Å². The molecule has 0 saturated carbocycles. The van der Waals surface area contributed by atoms with Gasteiger partial charge in [0, 0.05) is 27.9 Å². The van der Waals surface area contributed by atoms with Gasteiger partial charge in [-0.3, -0.25) is 0 Å². The first kappa shape index (κ1) is 35.7. The van der Waals surface area contributed by atoms with E-state index >= 15 is 0 Å². The topological polar surface area (TPSA) is 29.3 Å². The summed E-state index contributed by atoms with van der Waals surface area (Å²) in [5.41, 5.74) is 12.9. The van der Waals surface area contributed by atoms with Gasteiger partial charge in [0.25, 0.3) is 0 Å². The monoisotopic (exact) mass is 790 g/mol. The van der Waals surface area contributed by atoms with E-state index < -0.39 is 0 Å². The number of aromatic nitrogens is 1. The van der Waals surface area contributed by atoms with Crippen LogP contribution in [0.1, 0.15) is 0 Å². The molecule has 12 aromatic rings. The second-order valence-corrected chi connectivity index (χ2v) is 15.9. The standard InChI is InChI=1S/C59H38N2O/c1-3-14-39(15-4-1)50-21-11-12-25-55(50)61(47-32-28-40(29-33-47)54-38-45-18-7-8-20-49(45)52-22-9-10-23-53(52)54)48-34-30-43-36-46(27-26-44(43)37-48)51-24-13-19-41-31-35-56-58(57(41)51)60-59(62-56)42-16-5-2-6-17-42/h1-38H. The Bertz CT molecular complexity index is 3630. The molecule has 12 rings (SSSR count). The normalized spacial score (nSPS) is 11.5. The molecule has 0 radical (unpaired) electrons. The van der Waals surface area contributed by atoms with Crippen LogP contribution in [0.4, 0.5) is 17.1 Å². The maximum absolute atomic E-state index is 6.31. The van der Waals surface area contributed by atoms with Crippen LogP contribution in [0.5, 0.6) is 0 Å². The highest BCUT2D eigenvalue weighted by Crippen LogP contribution is 2.44. The smallest absolute Gasteiger partial charge is 0.227 e. The van der Waals surface area contributed by atoms with Crippen LogP contribution >= 0.6 is 0 Å². The van der Waals surface area contributed by atoms with E-state index in [1.165, 1.54) is 43.8 Å². The molecule has 0 aliphatic rings. The van der Waals surface area contributed by atoms with E-state index in [0.717, 1.165) is 66.4 Å². The first-order chi connectivity index (χ1) is 30.7. The zero-order chi connectivity index (χ0) is 41.0. The summed E-state index contributed by atoms with van der Waals surface area (Å²) < 4.78 is 6.31. The second-order valence-electron chi connectivity index (χ2n) is 15.9. The number of para-hydroxylation sites is 1. The maximum atomic E-state index is 6.31. The van der Waals surface area contributed by atoms with E-state index in [2.05, 4.69) is 199 Å². The summed E-state index contributed by atoms with van der Waals surface area (Å²) in [6.07, 6.45) is 0. The van der Waals surface area contributed by atoms with Gasteiger partial charge in [-0.05, 0) is 126 Å². The molecule has 0 atom stereocenters. The summed E-state index contributed by atoms with van der Waals surface area (Å²) in [4.78, 5) is 7.45. The van der Waals surface area contributed by atoms with Gasteiger partial charge in [0.15, 0.2) is 5.58 Å². The van der Waals surface area contributed by atoms with Crippen molar-refractivity contribution >= 4 is 71.3 Å². The number of rotatable bonds is 7. The highest BCUT2D eigenvalue weighted by Gasteiger charge is 2.19. The Labute approximate surface area is 359 Å². The Morgan fingerprint density at radius 3 is 1.77 bits per heavy atom. The molecule has 0 unspecified atom stereocenters. The molecule has 1 aromatic heterocycles. The summed E-state index contributed by atoms with van der Waals surface area (Å²) in [5.74, 6) is 0.629. The number of fused-ring (bicyclic) bond motifs is 7. The molecule has 0 bridgehead atoms. The third kappa shape index (κ3) is 6.10. The molecule has 0 spiro atoms. The van der Waals surface area contributed by atoms with Crippen molar-refractivity contribution in [1.29, 1.82) is 0 Å². The van der Waals surface area contributed by atoms with E-state index in [1.807, 2.05) is 36.4 Å². The summed E-state index contributed by atoms with van der Waals surface area (Å²) >= 11 is 0. The molecule has 62 heavy (non-hydrogen) atoms. The van der Waals surface area contributed by atoms with Crippen LogP contribution < -0.4 is 4.90 Å². The quantitative estimate of drug-likeness (QED) is 0.151. The number of anilines is 3. The third-order valence-corrected chi connectivity index (χ3v) is 12.2. The number of nitrogens with zero attached hydrogens (tertiary/aromatic N) is 2. The van der Waals surface area contributed by atoms with Gasteiger partial charge in [0.2, 0.25) is 5.89 Å². The molecule has 0 N–H and O–H groups in total. The summed E-state index contributed by atoms with van der Waals surface area (Å²) in [5, 5.41) is 9.59. The van der Waals surface area contributed by atoms with Crippen molar-refractivity contribution < 1.29 is 4.42 Å². The number of hydrogen-bond acceptors (Lipinski definition) is 3. The van der Waals surface area contributed by atoms with E-state index in [0.29, 0.717) is 5.89 Å². The Kier molecular flexibility index (Phi) is 8.50. The van der Waals surface area contributed by atoms with Crippen molar-refractivity contribution in [2.24, 2.45) is 0 Å². The van der Waals surface area contributed by atoms with Crippen LogP contribution in [-0.2, 0) is 0 Å². The van der Waals surface area contributed by atoms with Crippen LogP contribution in [-0.4, -0.2) is 4.98 Å². The fourth-order valence-electron chi connectivity index (χ4n) is 9.29. The highest BCUT2D eigenvalue weighted by atomic mass is 16.3. The lowest BCUT2D eigenvalue weighted by Crippen LogP contribution is -2.11. The SMILES string of the molecule is c1ccc(-c2nc3c(ccc4cccc(-c5ccc6cc(N(c7ccc(-c8cc9ccccc9c9ccccc89)cc7)c7ccccc7-c7ccccc7)ccc6c5)c43)o2)cc1. The molecule has 11 aromatic carbocycles. The molecule has 0 aliphatic heterocycles. The molecule has 1 heterocycles. The molecule has 0 fully saturated rings. The predicted molar refractivity (Wildman–Crippen MR) is 260 cm³/mol. The molecule has 3 nitrogen and oxygen atoms in total. The number of hydrogen-bond donors (Lipinski definition) is 0. The van der Waals surface area contributed by atoms with Gasteiger partial charge in [-0.15, -0.1) is 0 Å². The minimum Gasteiger partial charge on any atom is -0.436 e. The van der Waals surface area contributed by atoms with Crippen molar-refractivity contribution in [3.63, 3.8) is 0 Å². The predicted octanol–water partition coefficient (Wildman–Crippen LogP) is 16.6. The Hall–Kier alpha value is -8.27. The minimum absolute atomic E-state index is 0.629. The van der Waals surface area contributed by atoms with Gasteiger partial charge >= 0.3 is 0 Å². The van der Waals surface area contributed by atoms with E-state index in [1.54, 1.807) is 0 Å². The zero-order valence-electron chi connectivity index (χ0n) is 33.7. The average molecular weight is 791 g/mol. The summed E-state index contributed by atoms with van der Waals surface area (Å²) in [6, 6.07) is 82.6. The van der Waals surface area contributed by atoms with Gasteiger partial charge < -0.3 is 9.32 Å². The van der Waals surface area contributed by atoms with Crippen molar-refractivity contribution in [3.05, 3.63) is 231 Å². The van der Waals surface area contributed by atoms with E-state index in [-0.39, 0.29) is 0 Å². The van der Waals surface area contributed by atoms with Gasteiger partial charge in [-0.2, -0.15) is 0 Å². The Morgan fingerprint density at radius 1 is 0.339 bits per heavy atom. The minimum atomic E-state index is 0.629. The van der Waals surface area contributed by atoms with Gasteiger partial charge in [-0.1, -0.05) is 170 Å². The number of oxazole rings is 1. The second kappa shape index (κ2) is 14.8. The van der Waals surface area contributed by atoms with Crippen molar-refractivity contribution in [1.82, 2.24) is 4.98 Å². The molecule has 3 heteroatoms. The lowest BCUT2D eigenvalue weighted by atomic mass is 9.93. The Balaban J connectivity index is 0.978. The molecular formula is C59H38N2O. The average Bonchev–Trinajstić information content (AvgIpc) is 3.80. The fourth-order valence-corrected chi connectivity index (χ4v) is 9.29. The molecule has 0 saturated heterocycles. The van der Waals surface area contributed by atoms with E-state index in [4.69, 9.17) is 9.40 Å². The summed E-state index contributed by atoms with van der Waals surface area (Å²) in [6.45, 7) is 0. The van der Waals surface area contributed by atoms with Crippen LogP contribution in [0.15, 0.2) is 235 Å². The van der Waals surface area contributed by atoms with Gasteiger partial charge in [0.05, 0.1) is 5.69 Å². The molecule has 290 valence electrons. The van der Waals surface area contributed by atoms with Crippen LogP contribution in [0.2, 0.25) is 0 Å². The Morgan fingerprint density at radius 2 is 0.935 bits per heavy atom. The largest absolute Gasteiger partial charge is 0.436 e. The van der Waals surface area contributed by atoms with E-state index in [9.17, 15) is 0 Å². The van der Waals surface area contributed by atoms with Crippen molar-refractivity contribution in [2.75, 3.05) is 4.90 Å². The highest BCUT2D eigenvalue weighted by molar-refractivity contribution is 6.14.